The zero-order valence-electron chi connectivity index (χ0n) is 15.3. The average Bonchev–Trinajstić information content (AvgIpc) is 3.38. The molecule has 2 aliphatic heterocycles. The van der Waals surface area contributed by atoms with Gasteiger partial charge in [0.2, 0.25) is 0 Å². The van der Waals surface area contributed by atoms with Crippen molar-refractivity contribution in [1.82, 2.24) is 10.6 Å². The quantitative estimate of drug-likeness (QED) is 0.857. The number of anilines is 2. The molecule has 4 rings (SSSR count). The van der Waals surface area contributed by atoms with E-state index in [1.165, 1.54) is 18.5 Å². The van der Waals surface area contributed by atoms with Crippen LogP contribution in [-0.4, -0.2) is 38.1 Å². The van der Waals surface area contributed by atoms with E-state index >= 15 is 0 Å². The Hall–Kier alpha value is -3.02. The normalized spacial score (nSPS) is 16.5. The van der Waals surface area contributed by atoms with Crippen molar-refractivity contribution < 1.29 is 9.59 Å². The lowest BCUT2D eigenvalue weighted by Gasteiger charge is -2.18. The van der Waals surface area contributed by atoms with E-state index < -0.39 is 0 Å². The van der Waals surface area contributed by atoms with Gasteiger partial charge >= 0.3 is 6.03 Å². The first kappa shape index (κ1) is 17.4. The van der Waals surface area contributed by atoms with Crippen LogP contribution < -0.4 is 20.4 Å². The molecule has 0 aromatic heterocycles. The van der Waals surface area contributed by atoms with Crippen molar-refractivity contribution >= 4 is 23.3 Å². The molecule has 0 radical (unpaired) electrons. The summed E-state index contributed by atoms with van der Waals surface area (Å²) in [6.07, 6.45) is 2.52. The van der Waals surface area contributed by atoms with Gasteiger partial charge in [0.15, 0.2) is 0 Å². The maximum absolute atomic E-state index is 12.5. The van der Waals surface area contributed by atoms with E-state index in [0.717, 1.165) is 24.3 Å². The van der Waals surface area contributed by atoms with Crippen LogP contribution in [0.1, 0.15) is 28.8 Å². The summed E-state index contributed by atoms with van der Waals surface area (Å²) in [6, 6.07) is 15.4. The number of urea groups is 1. The van der Waals surface area contributed by atoms with Gasteiger partial charge in [0.1, 0.15) is 0 Å². The van der Waals surface area contributed by atoms with Crippen molar-refractivity contribution in [2.75, 3.05) is 36.0 Å². The van der Waals surface area contributed by atoms with Gasteiger partial charge in [-0.2, -0.15) is 0 Å². The maximum Gasteiger partial charge on any atom is 0.321 e. The van der Waals surface area contributed by atoms with Gasteiger partial charge in [0.25, 0.3) is 5.91 Å². The summed E-state index contributed by atoms with van der Waals surface area (Å²) in [5, 5.41) is 5.73. The lowest BCUT2D eigenvalue weighted by Crippen LogP contribution is -2.28. The molecule has 2 aromatic rings. The van der Waals surface area contributed by atoms with Crippen molar-refractivity contribution in [1.29, 1.82) is 0 Å². The Bertz CT molecular complexity index is 828. The number of rotatable bonds is 5. The van der Waals surface area contributed by atoms with Gasteiger partial charge in [-0.15, -0.1) is 0 Å². The van der Waals surface area contributed by atoms with E-state index in [1.54, 1.807) is 23.1 Å². The Morgan fingerprint density at radius 2 is 1.78 bits per heavy atom. The summed E-state index contributed by atoms with van der Waals surface area (Å²) in [5.41, 5.74) is 3.62. The van der Waals surface area contributed by atoms with E-state index in [-0.39, 0.29) is 11.9 Å². The molecule has 2 aliphatic rings. The van der Waals surface area contributed by atoms with Crippen LogP contribution in [0.15, 0.2) is 48.5 Å². The molecule has 0 spiro atoms. The highest BCUT2D eigenvalue weighted by molar-refractivity contribution is 5.98. The van der Waals surface area contributed by atoms with Crippen LogP contribution in [0.2, 0.25) is 0 Å². The Balaban J connectivity index is 1.37. The third-order valence-corrected chi connectivity index (χ3v) is 5.14. The molecule has 0 saturated carbocycles. The SMILES string of the molecule is O=C(NCc1ccc(N2CCCC2)cc1)c1cccc(N2CCNC2=O)c1. The highest BCUT2D eigenvalue weighted by Crippen LogP contribution is 2.21. The van der Waals surface area contributed by atoms with Gasteiger partial charge in [-0.3, -0.25) is 9.69 Å². The van der Waals surface area contributed by atoms with Crippen molar-refractivity contribution in [2.24, 2.45) is 0 Å². The second kappa shape index (κ2) is 7.70. The molecule has 0 atom stereocenters. The summed E-state index contributed by atoms with van der Waals surface area (Å²) in [6.45, 7) is 3.98. The van der Waals surface area contributed by atoms with Crippen LogP contribution in [-0.2, 0) is 6.54 Å². The number of hydrogen-bond donors (Lipinski definition) is 2. The Morgan fingerprint density at radius 1 is 1.00 bits per heavy atom. The van der Waals surface area contributed by atoms with Gasteiger partial charge in [-0.05, 0) is 48.7 Å². The minimum atomic E-state index is -0.139. The van der Waals surface area contributed by atoms with Crippen molar-refractivity contribution in [2.45, 2.75) is 19.4 Å². The summed E-state index contributed by atoms with van der Waals surface area (Å²) in [7, 11) is 0. The molecule has 0 unspecified atom stereocenters. The third kappa shape index (κ3) is 3.89. The second-order valence-electron chi connectivity index (χ2n) is 6.98. The van der Waals surface area contributed by atoms with Crippen molar-refractivity contribution in [3.05, 3.63) is 59.7 Å². The minimum absolute atomic E-state index is 0.120. The standard InChI is InChI=1S/C21H24N4O2/c26-20(17-4-3-5-19(14-17)25-13-10-22-21(25)27)23-15-16-6-8-18(9-7-16)24-11-1-2-12-24/h3-9,14H,1-2,10-13,15H2,(H,22,27)(H,23,26). The first-order chi connectivity index (χ1) is 13.2. The molecule has 0 aliphatic carbocycles. The van der Waals surface area contributed by atoms with Crippen LogP contribution in [0.5, 0.6) is 0 Å². The first-order valence-electron chi connectivity index (χ1n) is 9.48. The van der Waals surface area contributed by atoms with Crippen molar-refractivity contribution in [3.63, 3.8) is 0 Å². The van der Waals surface area contributed by atoms with Gasteiger partial charge < -0.3 is 15.5 Å². The predicted octanol–water partition coefficient (Wildman–Crippen LogP) is 2.75. The monoisotopic (exact) mass is 364 g/mol. The number of carbonyl (C=O) groups excluding carboxylic acids is 2. The molecular weight excluding hydrogens is 340 g/mol. The van der Waals surface area contributed by atoms with E-state index in [9.17, 15) is 9.59 Å². The number of amides is 3. The van der Waals surface area contributed by atoms with E-state index in [4.69, 9.17) is 0 Å². The minimum Gasteiger partial charge on any atom is -0.372 e. The van der Waals surface area contributed by atoms with Gasteiger partial charge in [0, 0.05) is 49.7 Å². The molecule has 2 saturated heterocycles. The topological polar surface area (TPSA) is 64.7 Å². The van der Waals surface area contributed by atoms with E-state index in [2.05, 4.69) is 39.8 Å². The van der Waals surface area contributed by atoms with Crippen LogP contribution in [0, 0.1) is 0 Å². The molecule has 0 bridgehead atoms. The number of nitrogens with zero attached hydrogens (tertiary/aromatic N) is 2. The summed E-state index contributed by atoms with van der Waals surface area (Å²) >= 11 is 0. The second-order valence-corrected chi connectivity index (χ2v) is 6.98. The highest BCUT2D eigenvalue weighted by Gasteiger charge is 2.21. The Kier molecular flexibility index (Phi) is 4.96. The van der Waals surface area contributed by atoms with E-state index in [0.29, 0.717) is 25.2 Å². The maximum atomic E-state index is 12.5. The van der Waals surface area contributed by atoms with Crippen LogP contribution in [0.25, 0.3) is 0 Å². The fourth-order valence-corrected chi connectivity index (χ4v) is 3.62. The molecule has 6 nitrogen and oxygen atoms in total. The molecule has 3 amide bonds. The molecule has 6 heteroatoms. The number of nitrogens with one attached hydrogen (secondary N) is 2. The van der Waals surface area contributed by atoms with Gasteiger partial charge in [-0.1, -0.05) is 18.2 Å². The summed E-state index contributed by atoms with van der Waals surface area (Å²) in [5.74, 6) is -0.139. The molecule has 2 heterocycles. The Morgan fingerprint density at radius 3 is 2.48 bits per heavy atom. The fraction of sp³-hybridized carbons (Fsp3) is 0.333. The lowest BCUT2D eigenvalue weighted by atomic mass is 10.1. The predicted molar refractivity (Wildman–Crippen MR) is 106 cm³/mol. The number of carbonyl (C=O) groups is 2. The average molecular weight is 364 g/mol. The van der Waals surface area contributed by atoms with Gasteiger partial charge in [-0.25, -0.2) is 4.79 Å². The number of hydrogen-bond acceptors (Lipinski definition) is 3. The molecular formula is C21H24N4O2. The molecule has 2 N–H and O–H groups in total. The molecule has 2 fully saturated rings. The zero-order chi connectivity index (χ0) is 18.6. The van der Waals surface area contributed by atoms with Gasteiger partial charge in [0.05, 0.1) is 0 Å². The van der Waals surface area contributed by atoms with Crippen LogP contribution >= 0.6 is 0 Å². The first-order valence-corrected chi connectivity index (χ1v) is 9.48. The molecule has 140 valence electrons. The zero-order valence-corrected chi connectivity index (χ0v) is 15.3. The summed E-state index contributed by atoms with van der Waals surface area (Å²) < 4.78 is 0. The largest absolute Gasteiger partial charge is 0.372 e. The van der Waals surface area contributed by atoms with Crippen LogP contribution in [0.3, 0.4) is 0 Å². The smallest absolute Gasteiger partial charge is 0.321 e. The molecule has 27 heavy (non-hydrogen) atoms. The van der Waals surface area contributed by atoms with E-state index in [1.807, 2.05) is 6.07 Å². The fourth-order valence-electron chi connectivity index (χ4n) is 3.62. The number of benzene rings is 2. The summed E-state index contributed by atoms with van der Waals surface area (Å²) in [4.78, 5) is 28.3. The van der Waals surface area contributed by atoms with Crippen molar-refractivity contribution in [3.8, 4) is 0 Å². The molecule has 2 aromatic carbocycles. The highest BCUT2D eigenvalue weighted by atomic mass is 16.2. The lowest BCUT2D eigenvalue weighted by molar-refractivity contribution is 0.0951. The van der Waals surface area contributed by atoms with Crippen LogP contribution in [0.4, 0.5) is 16.2 Å². The third-order valence-electron chi connectivity index (χ3n) is 5.14. The Labute approximate surface area is 159 Å².